The summed E-state index contributed by atoms with van der Waals surface area (Å²) in [6.07, 6.45) is -3.46. The fraction of sp³-hybridized carbons (Fsp3) is 0.769. The van der Waals surface area contributed by atoms with E-state index in [0.29, 0.717) is 13.0 Å². The number of rotatable bonds is 7. The predicted molar refractivity (Wildman–Crippen MR) is 76.7 cm³/mol. The van der Waals surface area contributed by atoms with Crippen molar-refractivity contribution in [3.63, 3.8) is 0 Å². The van der Waals surface area contributed by atoms with Gasteiger partial charge in [0.05, 0.1) is 15.9 Å². The number of nitrogens with one attached hydrogen (secondary N) is 1. The van der Waals surface area contributed by atoms with Gasteiger partial charge in [0.25, 0.3) is 0 Å². The van der Waals surface area contributed by atoms with Crippen LogP contribution in [-0.4, -0.2) is 28.5 Å². The van der Waals surface area contributed by atoms with Crippen LogP contribution in [0.25, 0.3) is 0 Å². The first-order valence-corrected chi connectivity index (χ1v) is 7.58. The van der Waals surface area contributed by atoms with Gasteiger partial charge in [-0.05, 0) is 35.3 Å². The molecule has 0 aromatic carbocycles. The zero-order valence-electron chi connectivity index (χ0n) is 12.0. The highest BCUT2D eigenvalue weighted by molar-refractivity contribution is 9.10. The van der Waals surface area contributed by atoms with Gasteiger partial charge in [-0.3, -0.25) is 4.68 Å². The lowest BCUT2D eigenvalue weighted by atomic mass is 10.0. The Morgan fingerprint density at radius 2 is 2.00 bits per heavy atom. The smallest absolute Gasteiger partial charge is 0.314 e. The minimum absolute atomic E-state index is 0.0798. The summed E-state index contributed by atoms with van der Waals surface area (Å²) in [7, 11) is 1.83. The number of aromatic nitrogens is 2. The van der Waals surface area contributed by atoms with Crippen molar-refractivity contribution < 1.29 is 13.2 Å². The standard InChI is InChI=1S/C13H21BrF3N3/c1-4-10-12(14)11(20(3)19-10)8-9(18-5-2)6-7-13(15,16)17/h9,18H,4-8H2,1-3H3. The fourth-order valence-electron chi connectivity index (χ4n) is 2.18. The van der Waals surface area contributed by atoms with Gasteiger partial charge >= 0.3 is 6.18 Å². The second-order valence-corrected chi connectivity index (χ2v) is 5.59. The zero-order chi connectivity index (χ0) is 15.3. The van der Waals surface area contributed by atoms with E-state index in [1.54, 1.807) is 4.68 Å². The van der Waals surface area contributed by atoms with Crippen molar-refractivity contribution in [1.82, 2.24) is 15.1 Å². The molecule has 0 saturated heterocycles. The van der Waals surface area contributed by atoms with Crippen molar-refractivity contribution in [3.8, 4) is 0 Å². The van der Waals surface area contributed by atoms with Crippen LogP contribution in [0.15, 0.2) is 4.47 Å². The highest BCUT2D eigenvalue weighted by atomic mass is 79.9. The van der Waals surface area contributed by atoms with Gasteiger partial charge in [-0.2, -0.15) is 18.3 Å². The molecule has 1 aromatic heterocycles. The van der Waals surface area contributed by atoms with E-state index in [1.807, 2.05) is 20.9 Å². The summed E-state index contributed by atoms with van der Waals surface area (Å²) in [6, 6.07) is -0.196. The van der Waals surface area contributed by atoms with Crippen LogP contribution in [0.1, 0.15) is 38.1 Å². The van der Waals surface area contributed by atoms with E-state index in [4.69, 9.17) is 0 Å². The van der Waals surface area contributed by atoms with Crippen molar-refractivity contribution >= 4 is 15.9 Å². The molecule has 0 spiro atoms. The third-order valence-electron chi connectivity index (χ3n) is 3.21. The van der Waals surface area contributed by atoms with Gasteiger partial charge in [0.15, 0.2) is 0 Å². The number of hydrogen-bond donors (Lipinski definition) is 1. The Bertz CT molecular complexity index is 429. The van der Waals surface area contributed by atoms with E-state index in [-0.39, 0.29) is 12.5 Å². The molecule has 0 fully saturated rings. The van der Waals surface area contributed by atoms with Crippen LogP contribution in [0.4, 0.5) is 13.2 Å². The number of hydrogen-bond acceptors (Lipinski definition) is 2. The highest BCUT2D eigenvalue weighted by Crippen LogP contribution is 2.26. The maximum Gasteiger partial charge on any atom is 0.389 e. The summed E-state index contributed by atoms with van der Waals surface area (Å²) in [6.45, 7) is 4.55. The van der Waals surface area contributed by atoms with E-state index >= 15 is 0 Å². The average molecular weight is 356 g/mol. The van der Waals surface area contributed by atoms with Crippen molar-refractivity contribution in [1.29, 1.82) is 0 Å². The first kappa shape index (κ1) is 17.5. The summed E-state index contributed by atoms with van der Waals surface area (Å²) in [5.74, 6) is 0. The molecule has 3 nitrogen and oxygen atoms in total. The maximum absolute atomic E-state index is 12.4. The molecule has 0 radical (unpaired) electrons. The first-order chi connectivity index (χ1) is 9.28. The van der Waals surface area contributed by atoms with Crippen LogP contribution in [0.2, 0.25) is 0 Å². The summed E-state index contributed by atoms with van der Waals surface area (Å²) in [5.41, 5.74) is 1.88. The summed E-state index contributed by atoms with van der Waals surface area (Å²) in [4.78, 5) is 0. The van der Waals surface area contributed by atoms with Gasteiger partial charge in [0.2, 0.25) is 0 Å². The van der Waals surface area contributed by atoms with E-state index in [2.05, 4.69) is 26.3 Å². The molecule has 1 N–H and O–H groups in total. The second-order valence-electron chi connectivity index (χ2n) is 4.80. The highest BCUT2D eigenvalue weighted by Gasteiger charge is 2.28. The average Bonchev–Trinajstić information content (AvgIpc) is 2.62. The van der Waals surface area contributed by atoms with Crippen molar-refractivity contribution in [3.05, 3.63) is 15.9 Å². The van der Waals surface area contributed by atoms with Crippen molar-refractivity contribution in [2.75, 3.05) is 6.54 Å². The number of halogens is 4. The topological polar surface area (TPSA) is 29.9 Å². The summed E-state index contributed by atoms with van der Waals surface area (Å²) < 4.78 is 39.7. The number of aryl methyl sites for hydroxylation is 2. The number of nitrogens with zero attached hydrogens (tertiary/aromatic N) is 2. The molecule has 1 aromatic rings. The van der Waals surface area contributed by atoms with Gasteiger partial charge in [-0.25, -0.2) is 0 Å². The van der Waals surface area contributed by atoms with Crippen molar-refractivity contribution in [2.45, 2.75) is 51.7 Å². The van der Waals surface area contributed by atoms with Crippen LogP contribution in [0.3, 0.4) is 0 Å². The molecule has 0 aliphatic carbocycles. The molecule has 0 aliphatic heterocycles. The Labute approximate surface area is 126 Å². The minimum atomic E-state index is -4.11. The lowest BCUT2D eigenvalue weighted by Gasteiger charge is -2.19. The molecule has 1 atom stereocenters. The van der Waals surface area contributed by atoms with E-state index < -0.39 is 12.6 Å². The Morgan fingerprint density at radius 3 is 2.45 bits per heavy atom. The minimum Gasteiger partial charge on any atom is -0.314 e. The third-order valence-corrected chi connectivity index (χ3v) is 4.13. The molecule has 116 valence electrons. The fourth-order valence-corrected chi connectivity index (χ4v) is 2.96. The molecule has 7 heteroatoms. The first-order valence-electron chi connectivity index (χ1n) is 6.78. The normalized spacial score (nSPS) is 13.8. The van der Waals surface area contributed by atoms with Gasteiger partial charge in [-0.15, -0.1) is 0 Å². The molecule has 1 heterocycles. The van der Waals surface area contributed by atoms with Crippen molar-refractivity contribution in [2.24, 2.45) is 7.05 Å². The quantitative estimate of drug-likeness (QED) is 0.809. The maximum atomic E-state index is 12.4. The van der Waals surface area contributed by atoms with Gasteiger partial charge in [0, 0.05) is 25.9 Å². The second kappa shape index (κ2) is 7.45. The van der Waals surface area contributed by atoms with Crippen LogP contribution in [0, 0.1) is 0 Å². The molecule has 1 unspecified atom stereocenters. The van der Waals surface area contributed by atoms with E-state index in [9.17, 15) is 13.2 Å². The van der Waals surface area contributed by atoms with Crippen LogP contribution in [-0.2, 0) is 19.9 Å². The van der Waals surface area contributed by atoms with Gasteiger partial charge in [-0.1, -0.05) is 13.8 Å². The molecule has 0 saturated carbocycles. The van der Waals surface area contributed by atoms with Gasteiger partial charge < -0.3 is 5.32 Å². The molecular formula is C13H21BrF3N3. The predicted octanol–water partition coefficient (Wildman–Crippen LogP) is 3.61. The Kier molecular flexibility index (Phi) is 6.51. The van der Waals surface area contributed by atoms with E-state index in [1.165, 1.54) is 0 Å². The lowest BCUT2D eigenvalue weighted by Crippen LogP contribution is -2.33. The largest absolute Gasteiger partial charge is 0.389 e. The zero-order valence-corrected chi connectivity index (χ0v) is 13.6. The Hall–Kier alpha value is -0.560. The number of alkyl halides is 3. The number of likely N-dealkylation sites (N-methyl/N-ethyl adjacent to an activating group) is 1. The summed E-state index contributed by atoms with van der Waals surface area (Å²) >= 11 is 3.50. The van der Waals surface area contributed by atoms with Gasteiger partial charge in [0.1, 0.15) is 0 Å². The molecule has 1 rings (SSSR count). The molecular weight excluding hydrogens is 335 g/mol. The van der Waals surface area contributed by atoms with Crippen LogP contribution < -0.4 is 5.32 Å². The Balaban J connectivity index is 2.77. The third kappa shape index (κ3) is 5.09. The SMILES string of the molecule is CCNC(CCC(F)(F)F)Cc1c(Br)c(CC)nn1C. The lowest BCUT2D eigenvalue weighted by molar-refractivity contribution is -0.136. The van der Waals surface area contributed by atoms with E-state index in [0.717, 1.165) is 22.3 Å². The molecule has 0 amide bonds. The molecule has 0 bridgehead atoms. The van der Waals surface area contributed by atoms with Crippen LogP contribution >= 0.6 is 15.9 Å². The Morgan fingerprint density at radius 1 is 1.35 bits per heavy atom. The monoisotopic (exact) mass is 355 g/mol. The molecule has 20 heavy (non-hydrogen) atoms. The summed E-state index contributed by atoms with van der Waals surface area (Å²) in [5, 5.41) is 7.49. The van der Waals surface area contributed by atoms with Crippen LogP contribution in [0.5, 0.6) is 0 Å². The molecule has 0 aliphatic rings.